The molecular weight excluding hydrogens is 240 g/mol. The van der Waals surface area contributed by atoms with Gasteiger partial charge in [-0.05, 0) is 23.6 Å². The van der Waals surface area contributed by atoms with Gasteiger partial charge in [0.25, 0.3) is 0 Å². The normalized spacial score (nSPS) is 15.0. The van der Waals surface area contributed by atoms with Crippen molar-refractivity contribution in [3.05, 3.63) is 35.4 Å². The molecule has 0 aliphatic heterocycles. The van der Waals surface area contributed by atoms with E-state index in [0.29, 0.717) is 0 Å². The summed E-state index contributed by atoms with van der Waals surface area (Å²) in [6.07, 6.45) is -0.0491. The first-order valence-electron chi connectivity index (χ1n) is 6.50. The van der Waals surface area contributed by atoms with Crippen LogP contribution in [0, 0.1) is 0 Å². The second kappa shape index (κ2) is 6.17. The highest BCUT2D eigenvalue weighted by Gasteiger charge is 2.21. The molecule has 0 saturated heterocycles. The Morgan fingerprint density at radius 1 is 1.32 bits per heavy atom. The summed E-state index contributed by atoms with van der Waals surface area (Å²) < 4.78 is 0. The molecule has 106 valence electrons. The molecule has 19 heavy (non-hydrogen) atoms. The minimum Gasteiger partial charge on any atom is -0.481 e. The number of hydrogen-bond acceptors (Lipinski definition) is 3. The first kappa shape index (κ1) is 15.7. The van der Waals surface area contributed by atoms with E-state index < -0.39 is 12.0 Å². The summed E-state index contributed by atoms with van der Waals surface area (Å²) in [5, 5.41) is 11.9. The van der Waals surface area contributed by atoms with Crippen molar-refractivity contribution in [1.29, 1.82) is 0 Å². The number of hydrogen-bond donors (Lipinski definition) is 3. The van der Waals surface area contributed by atoms with Gasteiger partial charge in [-0.15, -0.1) is 0 Å². The Labute approximate surface area is 115 Å². The number of carboxylic acids is 1. The third-order valence-electron chi connectivity index (χ3n) is 3.29. The Kier molecular flexibility index (Phi) is 5.09. The predicted octanol–water partition coefficient (Wildman–Crippen LogP) is 2.05. The van der Waals surface area contributed by atoms with Crippen molar-refractivity contribution in [2.45, 2.75) is 44.7 Å². The molecule has 1 aromatic rings. The molecule has 4 N–H and O–H groups in total. The van der Waals surface area contributed by atoms with Gasteiger partial charge in [0.2, 0.25) is 0 Å². The smallest absolute Gasteiger partial charge is 0.304 e. The minimum absolute atomic E-state index is 0.0491. The molecule has 1 aromatic carbocycles. The average Bonchev–Trinajstić information content (AvgIpc) is 2.28. The van der Waals surface area contributed by atoms with Gasteiger partial charge in [-0.1, -0.05) is 45.0 Å². The van der Waals surface area contributed by atoms with Gasteiger partial charge in [0.05, 0.1) is 6.42 Å². The van der Waals surface area contributed by atoms with Crippen LogP contribution in [0.4, 0.5) is 0 Å². The van der Waals surface area contributed by atoms with Gasteiger partial charge in [0, 0.05) is 12.1 Å². The van der Waals surface area contributed by atoms with E-state index in [0.717, 1.165) is 5.56 Å². The number of aliphatic carboxylic acids is 1. The largest absolute Gasteiger partial charge is 0.481 e. The molecule has 0 spiro atoms. The zero-order valence-corrected chi connectivity index (χ0v) is 12.1. The molecule has 0 heterocycles. The Morgan fingerprint density at radius 3 is 2.21 bits per heavy atom. The summed E-state index contributed by atoms with van der Waals surface area (Å²) in [6, 6.07) is 7.60. The zero-order valence-electron chi connectivity index (χ0n) is 12.1. The molecule has 1 rings (SSSR count). The predicted molar refractivity (Wildman–Crippen MR) is 77.2 cm³/mol. The minimum atomic E-state index is -0.876. The third-order valence-corrected chi connectivity index (χ3v) is 3.29. The van der Waals surface area contributed by atoms with Crippen molar-refractivity contribution in [1.82, 2.24) is 5.32 Å². The second-order valence-corrected chi connectivity index (χ2v) is 5.90. The van der Waals surface area contributed by atoms with E-state index in [2.05, 4.69) is 38.2 Å². The maximum Gasteiger partial charge on any atom is 0.304 e. The van der Waals surface area contributed by atoms with Crippen LogP contribution in [0.3, 0.4) is 0 Å². The summed E-state index contributed by atoms with van der Waals surface area (Å²) in [7, 11) is 1.80. The molecule has 0 bridgehead atoms. The molecule has 4 nitrogen and oxygen atoms in total. The number of likely N-dealkylation sites (N-methyl/N-ethyl adjacent to an activating group) is 1. The Bertz CT molecular complexity index is 421. The van der Waals surface area contributed by atoms with Gasteiger partial charge in [0.1, 0.15) is 0 Å². The van der Waals surface area contributed by atoms with Gasteiger partial charge in [-0.2, -0.15) is 0 Å². The average molecular weight is 264 g/mol. The van der Waals surface area contributed by atoms with E-state index in [1.54, 1.807) is 7.05 Å². The van der Waals surface area contributed by atoms with Crippen molar-refractivity contribution in [3.8, 4) is 0 Å². The van der Waals surface area contributed by atoms with E-state index in [-0.39, 0.29) is 17.9 Å². The van der Waals surface area contributed by atoms with Crippen LogP contribution in [0.15, 0.2) is 24.3 Å². The van der Waals surface area contributed by atoms with Crippen molar-refractivity contribution < 1.29 is 9.90 Å². The zero-order chi connectivity index (χ0) is 14.6. The van der Waals surface area contributed by atoms with E-state index >= 15 is 0 Å². The summed E-state index contributed by atoms with van der Waals surface area (Å²) in [6.45, 7) is 6.48. The summed E-state index contributed by atoms with van der Waals surface area (Å²) in [5.41, 5.74) is 8.32. The summed E-state index contributed by atoms with van der Waals surface area (Å²) >= 11 is 0. The molecule has 2 unspecified atom stereocenters. The lowest BCUT2D eigenvalue weighted by Gasteiger charge is -2.24. The van der Waals surface area contributed by atoms with E-state index in [1.807, 2.05) is 12.1 Å². The van der Waals surface area contributed by atoms with Crippen molar-refractivity contribution in [2.75, 3.05) is 7.05 Å². The fourth-order valence-electron chi connectivity index (χ4n) is 2.14. The van der Waals surface area contributed by atoms with Gasteiger partial charge in [-0.25, -0.2) is 0 Å². The summed E-state index contributed by atoms with van der Waals surface area (Å²) in [5.74, 6) is -0.876. The molecule has 0 radical (unpaired) electrons. The summed E-state index contributed by atoms with van der Waals surface area (Å²) in [4.78, 5) is 10.7. The molecule has 0 fully saturated rings. The second-order valence-electron chi connectivity index (χ2n) is 5.90. The quantitative estimate of drug-likeness (QED) is 0.761. The van der Waals surface area contributed by atoms with Crippen molar-refractivity contribution in [3.63, 3.8) is 0 Å². The van der Waals surface area contributed by atoms with Gasteiger partial charge in [-0.3, -0.25) is 4.79 Å². The van der Waals surface area contributed by atoms with Gasteiger partial charge >= 0.3 is 5.97 Å². The number of nitrogens with two attached hydrogens (primary N) is 1. The lowest BCUT2D eigenvalue weighted by molar-refractivity contribution is -0.137. The fraction of sp³-hybridized carbons (Fsp3) is 0.533. The van der Waals surface area contributed by atoms with Crippen molar-refractivity contribution >= 4 is 5.97 Å². The van der Waals surface area contributed by atoms with Crippen molar-refractivity contribution in [2.24, 2.45) is 5.73 Å². The number of carbonyl (C=O) groups is 1. The van der Waals surface area contributed by atoms with Crippen LogP contribution in [0.25, 0.3) is 0 Å². The maximum atomic E-state index is 10.7. The standard InChI is InChI=1S/C15H24N2O2/c1-15(2,3)11-7-5-10(6-8-11)14(17-4)12(16)9-13(18)19/h5-8,12,14,17H,9,16H2,1-4H3,(H,18,19). The molecule has 0 saturated carbocycles. The monoisotopic (exact) mass is 264 g/mol. The number of carboxylic acid groups (broad SMARTS) is 1. The molecule has 0 aliphatic carbocycles. The lowest BCUT2D eigenvalue weighted by Crippen LogP contribution is -2.37. The first-order chi connectivity index (χ1) is 8.75. The Morgan fingerprint density at radius 2 is 1.84 bits per heavy atom. The SMILES string of the molecule is CNC(c1ccc(C(C)(C)C)cc1)C(N)CC(=O)O. The van der Waals surface area contributed by atoms with E-state index in [4.69, 9.17) is 10.8 Å². The third kappa shape index (κ3) is 4.33. The molecule has 0 amide bonds. The highest BCUT2D eigenvalue weighted by Crippen LogP contribution is 2.25. The first-order valence-corrected chi connectivity index (χ1v) is 6.50. The van der Waals surface area contributed by atoms with Crippen LogP contribution in [-0.4, -0.2) is 24.2 Å². The van der Waals surface area contributed by atoms with E-state index in [9.17, 15) is 4.79 Å². The highest BCUT2D eigenvalue weighted by molar-refractivity contribution is 5.67. The van der Waals surface area contributed by atoms with Crippen LogP contribution < -0.4 is 11.1 Å². The van der Waals surface area contributed by atoms with Crippen LogP contribution in [-0.2, 0) is 10.2 Å². The fourth-order valence-corrected chi connectivity index (χ4v) is 2.14. The molecule has 2 atom stereocenters. The number of nitrogens with one attached hydrogen (secondary N) is 1. The maximum absolute atomic E-state index is 10.7. The molecule has 4 heteroatoms. The number of rotatable bonds is 5. The Balaban J connectivity index is 2.91. The Hall–Kier alpha value is -1.39. The number of benzene rings is 1. The van der Waals surface area contributed by atoms with Gasteiger partial charge in [0.15, 0.2) is 0 Å². The topological polar surface area (TPSA) is 75.3 Å². The van der Waals surface area contributed by atoms with Crippen LogP contribution >= 0.6 is 0 Å². The highest BCUT2D eigenvalue weighted by atomic mass is 16.4. The van der Waals surface area contributed by atoms with Crippen LogP contribution in [0.1, 0.15) is 44.4 Å². The van der Waals surface area contributed by atoms with E-state index in [1.165, 1.54) is 5.56 Å². The molecule has 0 aromatic heterocycles. The lowest BCUT2D eigenvalue weighted by atomic mass is 9.85. The van der Waals surface area contributed by atoms with Crippen LogP contribution in [0.2, 0.25) is 0 Å². The molecule has 0 aliphatic rings. The molecular formula is C15H24N2O2. The van der Waals surface area contributed by atoms with Gasteiger partial charge < -0.3 is 16.2 Å². The van der Waals surface area contributed by atoms with Crippen LogP contribution in [0.5, 0.6) is 0 Å².